The summed E-state index contributed by atoms with van der Waals surface area (Å²) >= 11 is 0. The molecule has 6 heteroatoms. The Kier molecular flexibility index (Phi) is 4.74. The molecule has 0 aliphatic carbocycles. The molecule has 1 rings (SSSR count). The van der Waals surface area contributed by atoms with Gasteiger partial charge < -0.3 is 10.2 Å². The number of likely N-dealkylation sites (N-methyl/N-ethyl adjacent to an activating group) is 1. The molecule has 0 saturated heterocycles. The van der Waals surface area contributed by atoms with Gasteiger partial charge in [-0.15, -0.1) is 0 Å². The monoisotopic (exact) mass is 250 g/mol. The molecule has 0 fully saturated rings. The Balaban J connectivity index is 2.36. The lowest BCUT2D eigenvalue weighted by Gasteiger charge is -2.20. The lowest BCUT2D eigenvalue weighted by molar-refractivity contribution is -0.124. The van der Waals surface area contributed by atoms with Crippen molar-refractivity contribution in [3.05, 3.63) is 30.1 Å². The first-order valence-corrected chi connectivity index (χ1v) is 5.13. The van der Waals surface area contributed by atoms with Gasteiger partial charge >= 0.3 is 6.18 Å². The average Bonchev–Trinajstić information content (AvgIpc) is 2.23. The van der Waals surface area contributed by atoms with E-state index in [1.54, 1.807) is 30.1 Å². The van der Waals surface area contributed by atoms with Crippen molar-refractivity contribution in [2.45, 2.75) is 6.18 Å². The Bertz CT molecular complexity index is 352. The van der Waals surface area contributed by atoms with E-state index in [1.165, 1.54) is 6.07 Å². The highest BCUT2D eigenvalue weighted by Crippen LogP contribution is 2.16. The van der Waals surface area contributed by atoms with E-state index in [0.717, 1.165) is 0 Å². The van der Waals surface area contributed by atoms with Gasteiger partial charge in [-0.25, -0.2) is 4.39 Å². The van der Waals surface area contributed by atoms with Crippen LogP contribution < -0.4 is 10.2 Å². The minimum Gasteiger partial charge on any atom is -0.371 e. The number of benzene rings is 1. The Morgan fingerprint density at radius 2 is 1.88 bits per heavy atom. The number of nitrogens with one attached hydrogen (secondary N) is 1. The Morgan fingerprint density at radius 1 is 1.24 bits per heavy atom. The standard InChI is InChI=1S/C11H14F4N2/c1-17(7-6-16-8-11(13,14)15)10-5-3-2-4-9(10)12/h2-5,16H,6-8H2,1H3. The Morgan fingerprint density at radius 3 is 2.47 bits per heavy atom. The normalized spacial score (nSPS) is 11.6. The van der Waals surface area contributed by atoms with Crippen LogP contribution in [0, 0.1) is 5.82 Å². The smallest absolute Gasteiger partial charge is 0.371 e. The first-order chi connectivity index (χ1) is 7.90. The summed E-state index contributed by atoms with van der Waals surface area (Å²) in [4.78, 5) is 1.57. The van der Waals surface area contributed by atoms with Crippen LogP contribution in [0.5, 0.6) is 0 Å². The van der Waals surface area contributed by atoms with Crippen LogP contribution in [0.15, 0.2) is 24.3 Å². The van der Waals surface area contributed by atoms with Crippen molar-refractivity contribution in [2.75, 3.05) is 31.6 Å². The summed E-state index contributed by atoms with van der Waals surface area (Å²) in [5.41, 5.74) is 0.376. The molecule has 0 aromatic heterocycles. The van der Waals surface area contributed by atoms with E-state index in [9.17, 15) is 17.6 Å². The number of alkyl halides is 3. The van der Waals surface area contributed by atoms with Gasteiger partial charge in [0.25, 0.3) is 0 Å². The van der Waals surface area contributed by atoms with Crippen LogP contribution in [-0.4, -0.2) is 32.9 Å². The molecule has 1 aromatic carbocycles. The first kappa shape index (κ1) is 13.8. The molecule has 1 aromatic rings. The van der Waals surface area contributed by atoms with E-state index in [0.29, 0.717) is 12.2 Å². The minimum absolute atomic E-state index is 0.143. The van der Waals surface area contributed by atoms with E-state index in [-0.39, 0.29) is 12.4 Å². The number of halogens is 4. The summed E-state index contributed by atoms with van der Waals surface area (Å²) in [6, 6.07) is 6.14. The molecule has 2 nitrogen and oxygen atoms in total. The zero-order chi connectivity index (χ0) is 12.9. The molecular weight excluding hydrogens is 236 g/mol. The molecule has 0 atom stereocenters. The van der Waals surface area contributed by atoms with Crippen LogP contribution in [0.1, 0.15) is 0 Å². The largest absolute Gasteiger partial charge is 0.401 e. The van der Waals surface area contributed by atoms with Crippen molar-refractivity contribution in [2.24, 2.45) is 0 Å². The molecular formula is C11H14F4N2. The second-order valence-electron chi connectivity index (χ2n) is 3.66. The van der Waals surface area contributed by atoms with Gasteiger partial charge in [0.15, 0.2) is 0 Å². The fourth-order valence-electron chi connectivity index (χ4n) is 1.36. The zero-order valence-corrected chi connectivity index (χ0v) is 9.39. The maximum Gasteiger partial charge on any atom is 0.401 e. The molecule has 0 aliphatic rings. The maximum absolute atomic E-state index is 13.3. The SMILES string of the molecule is CN(CCNCC(F)(F)F)c1ccccc1F. The van der Waals surface area contributed by atoms with Gasteiger partial charge in [-0.1, -0.05) is 12.1 Å². The van der Waals surface area contributed by atoms with E-state index in [2.05, 4.69) is 5.32 Å². The molecule has 0 aliphatic heterocycles. The molecule has 17 heavy (non-hydrogen) atoms. The third kappa shape index (κ3) is 5.04. The van der Waals surface area contributed by atoms with E-state index in [4.69, 9.17) is 0 Å². The summed E-state index contributed by atoms with van der Waals surface area (Å²) in [6.07, 6.45) is -4.21. The summed E-state index contributed by atoms with van der Waals surface area (Å²) in [7, 11) is 1.63. The maximum atomic E-state index is 13.3. The van der Waals surface area contributed by atoms with Gasteiger partial charge in [0.05, 0.1) is 12.2 Å². The summed E-state index contributed by atoms with van der Waals surface area (Å²) in [6.45, 7) is -0.584. The molecule has 0 amide bonds. The van der Waals surface area contributed by atoms with Crippen LogP contribution in [0.2, 0.25) is 0 Å². The van der Waals surface area contributed by atoms with Crippen molar-refractivity contribution in [1.82, 2.24) is 5.32 Å². The van der Waals surface area contributed by atoms with Crippen molar-refractivity contribution >= 4 is 5.69 Å². The van der Waals surface area contributed by atoms with Crippen LogP contribution in [-0.2, 0) is 0 Å². The summed E-state index contributed by atoms with van der Waals surface area (Å²) in [5.74, 6) is -0.383. The second kappa shape index (κ2) is 5.86. The van der Waals surface area contributed by atoms with E-state index < -0.39 is 12.7 Å². The van der Waals surface area contributed by atoms with Gasteiger partial charge in [-0.3, -0.25) is 0 Å². The van der Waals surface area contributed by atoms with Gasteiger partial charge in [-0.2, -0.15) is 13.2 Å². The van der Waals surface area contributed by atoms with Crippen LogP contribution in [0.4, 0.5) is 23.2 Å². The lowest BCUT2D eigenvalue weighted by Crippen LogP contribution is -2.35. The fourth-order valence-corrected chi connectivity index (χ4v) is 1.36. The fraction of sp³-hybridized carbons (Fsp3) is 0.455. The molecule has 96 valence electrons. The van der Waals surface area contributed by atoms with Crippen LogP contribution >= 0.6 is 0 Å². The predicted octanol–water partition coefficient (Wildman–Crippen LogP) is 2.41. The molecule has 0 saturated carbocycles. The van der Waals surface area contributed by atoms with Crippen LogP contribution in [0.25, 0.3) is 0 Å². The molecule has 0 bridgehead atoms. The highest BCUT2D eigenvalue weighted by molar-refractivity contribution is 5.46. The third-order valence-electron chi connectivity index (χ3n) is 2.21. The topological polar surface area (TPSA) is 15.3 Å². The first-order valence-electron chi connectivity index (χ1n) is 5.13. The summed E-state index contributed by atoms with van der Waals surface area (Å²) < 4.78 is 48.8. The Labute approximate surface area is 97.2 Å². The van der Waals surface area contributed by atoms with Gasteiger partial charge in [-0.05, 0) is 12.1 Å². The quantitative estimate of drug-likeness (QED) is 0.637. The van der Waals surface area contributed by atoms with Gasteiger partial charge in [0.1, 0.15) is 5.82 Å². The second-order valence-corrected chi connectivity index (χ2v) is 3.66. The van der Waals surface area contributed by atoms with Gasteiger partial charge in [0.2, 0.25) is 0 Å². The number of anilines is 1. The molecule has 1 N–H and O–H groups in total. The third-order valence-corrected chi connectivity index (χ3v) is 2.21. The minimum atomic E-state index is -4.21. The van der Waals surface area contributed by atoms with Crippen molar-refractivity contribution in [3.63, 3.8) is 0 Å². The molecule has 0 spiro atoms. The molecule has 0 heterocycles. The number of nitrogens with zero attached hydrogens (tertiary/aromatic N) is 1. The number of para-hydroxylation sites is 1. The predicted molar refractivity (Wildman–Crippen MR) is 58.6 cm³/mol. The number of hydrogen-bond acceptors (Lipinski definition) is 2. The molecule has 0 unspecified atom stereocenters. The zero-order valence-electron chi connectivity index (χ0n) is 9.39. The van der Waals surface area contributed by atoms with Crippen molar-refractivity contribution in [1.29, 1.82) is 0 Å². The van der Waals surface area contributed by atoms with Crippen molar-refractivity contribution in [3.8, 4) is 0 Å². The van der Waals surface area contributed by atoms with Gasteiger partial charge in [0, 0.05) is 20.1 Å². The lowest BCUT2D eigenvalue weighted by atomic mass is 10.3. The Hall–Kier alpha value is -1.30. The highest BCUT2D eigenvalue weighted by atomic mass is 19.4. The average molecular weight is 250 g/mol. The van der Waals surface area contributed by atoms with Crippen molar-refractivity contribution < 1.29 is 17.6 Å². The van der Waals surface area contributed by atoms with E-state index >= 15 is 0 Å². The summed E-state index contributed by atoms with van der Waals surface area (Å²) in [5, 5.41) is 2.26. The molecule has 0 radical (unpaired) electrons. The number of hydrogen-bond donors (Lipinski definition) is 1. The van der Waals surface area contributed by atoms with E-state index in [1.807, 2.05) is 0 Å². The number of rotatable bonds is 5. The highest BCUT2D eigenvalue weighted by Gasteiger charge is 2.25. The van der Waals surface area contributed by atoms with Crippen LogP contribution in [0.3, 0.4) is 0 Å².